The number of methoxy groups -OCH3 is 1. The van der Waals surface area contributed by atoms with Crippen molar-refractivity contribution in [2.45, 2.75) is 42.4 Å². The Labute approximate surface area is 282 Å². The van der Waals surface area contributed by atoms with Crippen molar-refractivity contribution in [1.82, 2.24) is 4.90 Å². The van der Waals surface area contributed by atoms with Crippen LogP contribution in [0.3, 0.4) is 0 Å². The zero-order valence-electron chi connectivity index (χ0n) is 27.2. The highest BCUT2D eigenvalue weighted by Crippen LogP contribution is 2.47. The quantitative estimate of drug-likeness (QED) is 0.141. The normalized spacial score (nSPS) is 14.2. The SMILES string of the molecule is CN1CCC(=C2c3ccccc3Sc3ccccc32)CC1.COc1c(C(C)C)oc2cc3oc(=O)ccc3cc12.O=C(O)C=CC(=O)O. The number of hydrogen-bond donors (Lipinski definition) is 2. The molecular weight excluding hydrogens is 630 g/mol. The van der Waals surface area contributed by atoms with Crippen molar-refractivity contribution in [3.63, 3.8) is 0 Å². The largest absolute Gasteiger partial charge is 0.492 e. The summed E-state index contributed by atoms with van der Waals surface area (Å²) in [5.41, 5.74) is 6.83. The number of piperidine rings is 1. The summed E-state index contributed by atoms with van der Waals surface area (Å²) < 4.78 is 16.4. The molecule has 1 fully saturated rings. The van der Waals surface area contributed by atoms with Gasteiger partial charge in [0, 0.05) is 58.5 Å². The third-order valence-electron chi connectivity index (χ3n) is 7.98. The summed E-state index contributed by atoms with van der Waals surface area (Å²) in [6.07, 6.45) is 3.50. The van der Waals surface area contributed by atoms with Crippen LogP contribution in [0.5, 0.6) is 5.75 Å². The highest BCUT2D eigenvalue weighted by atomic mass is 32.2. The van der Waals surface area contributed by atoms with Crippen LogP contribution in [0.2, 0.25) is 0 Å². The molecule has 2 aliphatic heterocycles. The van der Waals surface area contributed by atoms with Gasteiger partial charge in [-0.15, -0.1) is 0 Å². The second-order valence-corrected chi connectivity index (χ2v) is 12.8. The predicted octanol–water partition coefficient (Wildman–Crippen LogP) is 8.06. The van der Waals surface area contributed by atoms with Gasteiger partial charge in [0.1, 0.15) is 16.9 Å². The molecule has 0 radical (unpaired) electrons. The molecule has 0 spiro atoms. The number of fused-ring (bicyclic) bond motifs is 4. The predicted molar refractivity (Wildman–Crippen MR) is 187 cm³/mol. The fourth-order valence-electron chi connectivity index (χ4n) is 5.70. The van der Waals surface area contributed by atoms with Crippen LogP contribution in [0.25, 0.3) is 27.5 Å². The van der Waals surface area contributed by atoms with E-state index in [1.54, 1.807) is 24.8 Å². The standard InChI is InChI=1S/C19H19NS.C15H14O4.C4H4O4/c1-20-12-10-14(11-13-20)19-15-6-2-4-8-17(15)21-18-9-5-3-7-16(18)19;1-8(2)14-15(17-3)10-6-9-4-5-13(16)18-11(9)7-12(10)19-14;5-3(6)1-2-4(7)8/h2-9H,10-13H2,1H3;4-8H,1-3H3;1-2H,(H,5,6)(H,7,8). The van der Waals surface area contributed by atoms with E-state index in [9.17, 15) is 14.4 Å². The molecule has 10 heteroatoms. The summed E-state index contributed by atoms with van der Waals surface area (Å²) >= 11 is 1.91. The number of aliphatic carboxylic acids is 2. The Kier molecular flexibility index (Phi) is 10.9. The Balaban J connectivity index is 0.000000155. The van der Waals surface area contributed by atoms with Crippen LogP contribution >= 0.6 is 11.8 Å². The molecule has 5 aromatic rings. The van der Waals surface area contributed by atoms with Gasteiger partial charge in [-0.05, 0) is 60.9 Å². The van der Waals surface area contributed by atoms with Crippen LogP contribution in [0.4, 0.5) is 0 Å². The molecule has 4 heterocycles. The van der Waals surface area contributed by atoms with Crippen LogP contribution in [-0.2, 0) is 9.59 Å². The molecule has 248 valence electrons. The molecule has 3 aromatic carbocycles. The topological polar surface area (TPSA) is 130 Å². The smallest absolute Gasteiger partial charge is 0.336 e. The van der Waals surface area contributed by atoms with Gasteiger partial charge >= 0.3 is 17.6 Å². The first-order valence-corrected chi connectivity index (χ1v) is 16.3. The lowest BCUT2D eigenvalue weighted by molar-refractivity contribution is -0.134. The summed E-state index contributed by atoms with van der Waals surface area (Å²) in [5, 5.41) is 17.4. The summed E-state index contributed by atoms with van der Waals surface area (Å²) in [7, 11) is 3.85. The second kappa shape index (κ2) is 15.2. The van der Waals surface area contributed by atoms with E-state index in [4.69, 9.17) is 23.8 Å². The molecule has 0 saturated carbocycles. The van der Waals surface area contributed by atoms with Gasteiger partial charge in [-0.3, -0.25) is 0 Å². The first-order valence-electron chi connectivity index (χ1n) is 15.5. The number of ether oxygens (including phenoxy) is 1. The minimum atomic E-state index is -1.26. The molecule has 7 rings (SSSR count). The Morgan fingerprint density at radius 1 is 0.854 bits per heavy atom. The highest BCUT2D eigenvalue weighted by molar-refractivity contribution is 7.99. The fraction of sp³-hybridized carbons (Fsp3) is 0.237. The molecule has 2 aliphatic rings. The lowest BCUT2D eigenvalue weighted by Crippen LogP contribution is -2.27. The zero-order valence-corrected chi connectivity index (χ0v) is 28.0. The minimum absolute atomic E-state index is 0.220. The van der Waals surface area contributed by atoms with E-state index in [0.717, 1.165) is 22.3 Å². The number of hydrogen-bond acceptors (Lipinski definition) is 8. The van der Waals surface area contributed by atoms with Crippen LogP contribution in [0.15, 0.2) is 114 Å². The number of likely N-dealkylation sites (tertiary alicyclic amines) is 1. The minimum Gasteiger partial charge on any atom is -0.492 e. The average molecular weight is 668 g/mol. The Bertz CT molecular complexity index is 2010. The molecule has 2 aromatic heterocycles. The van der Waals surface area contributed by atoms with Gasteiger partial charge in [-0.25, -0.2) is 14.4 Å². The number of carboxylic acids is 2. The zero-order chi connectivity index (χ0) is 34.4. The van der Waals surface area contributed by atoms with Crippen LogP contribution in [0.1, 0.15) is 49.5 Å². The van der Waals surface area contributed by atoms with Crippen LogP contribution in [-0.4, -0.2) is 54.3 Å². The van der Waals surface area contributed by atoms with E-state index in [1.807, 2.05) is 31.7 Å². The molecule has 0 aliphatic carbocycles. The fourth-order valence-corrected chi connectivity index (χ4v) is 6.79. The third kappa shape index (κ3) is 7.90. The number of furan rings is 1. The Hall–Kier alpha value is -5.06. The van der Waals surface area contributed by atoms with E-state index in [2.05, 4.69) is 60.5 Å². The highest BCUT2D eigenvalue weighted by Gasteiger charge is 2.24. The molecule has 1 saturated heterocycles. The number of carboxylic acid groups (broad SMARTS) is 2. The van der Waals surface area contributed by atoms with E-state index in [-0.39, 0.29) is 11.5 Å². The van der Waals surface area contributed by atoms with E-state index >= 15 is 0 Å². The first-order chi connectivity index (χ1) is 23.0. The Morgan fingerprint density at radius 2 is 1.44 bits per heavy atom. The maximum Gasteiger partial charge on any atom is 0.336 e. The van der Waals surface area contributed by atoms with Gasteiger partial charge < -0.3 is 28.7 Å². The lowest BCUT2D eigenvalue weighted by atomic mass is 9.88. The first kappa shape index (κ1) is 34.3. The molecule has 0 unspecified atom stereocenters. The number of benzene rings is 3. The Morgan fingerprint density at radius 3 is 1.98 bits per heavy atom. The third-order valence-corrected chi connectivity index (χ3v) is 9.14. The van der Waals surface area contributed by atoms with Crippen molar-refractivity contribution < 1.29 is 33.4 Å². The molecule has 0 bridgehead atoms. The van der Waals surface area contributed by atoms with Crippen molar-refractivity contribution in [1.29, 1.82) is 0 Å². The summed E-state index contributed by atoms with van der Waals surface area (Å²) in [4.78, 5) is 35.6. The van der Waals surface area contributed by atoms with E-state index in [0.29, 0.717) is 23.3 Å². The van der Waals surface area contributed by atoms with Gasteiger partial charge in [-0.2, -0.15) is 0 Å². The van der Waals surface area contributed by atoms with Crippen molar-refractivity contribution >= 4 is 51.2 Å². The molecular formula is C38H37NO8S. The maximum atomic E-state index is 11.2. The van der Waals surface area contributed by atoms with E-state index in [1.165, 1.54) is 58.5 Å². The van der Waals surface area contributed by atoms with Crippen molar-refractivity contribution in [3.05, 3.63) is 118 Å². The summed E-state index contributed by atoms with van der Waals surface area (Å²) in [6.45, 7) is 6.44. The molecule has 0 amide bonds. The number of nitrogens with zero attached hydrogens (tertiary/aromatic N) is 1. The number of rotatable bonds is 4. The molecule has 9 nitrogen and oxygen atoms in total. The van der Waals surface area contributed by atoms with Crippen LogP contribution in [0, 0.1) is 0 Å². The van der Waals surface area contributed by atoms with Gasteiger partial charge in [0.25, 0.3) is 0 Å². The van der Waals surface area contributed by atoms with Gasteiger partial charge in [-0.1, -0.05) is 67.6 Å². The van der Waals surface area contributed by atoms with Crippen molar-refractivity contribution in [3.8, 4) is 5.75 Å². The monoisotopic (exact) mass is 667 g/mol. The maximum absolute atomic E-state index is 11.2. The molecule has 0 atom stereocenters. The van der Waals surface area contributed by atoms with Gasteiger partial charge in [0.15, 0.2) is 5.75 Å². The molecule has 48 heavy (non-hydrogen) atoms. The van der Waals surface area contributed by atoms with Gasteiger partial charge in [0.05, 0.1) is 12.5 Å². The molecule has 2 N–H and O–H groups in total. The summed E-state index contributed by atoms with van der Waals surface area (Å²) in [5.74, 6) is -0.745. The summed E-state index contributed by atoms with van der Waals surface area (Å²) in [6, 6.07) is 24.5. The number of carbonyl (C=O) groups is 2. The van der Waals surface area contributed by atoms with Crippen molar-refractivity contribution in [2.75, 3.05) is 27.2 Å². The second-order valence-electron chi connectivity index (χ2n) is 11.7. The van der Waals surface area contributed by atoms with Crippen LogP contribution < -0.4 is 10.4 Å². The van der Waals surface area contributed by atoms with E-state index < -0.39 is 11.9 Å². The lowest BCUT2D eigenvalue weighted by Gasteiger charge is -2.30. The average Bonchev–Trinajstić information content (AvgIpc) is 3.44. The van der Waals surface area contributed by atoms with Gasteiger partial charge in [0.2, 0.25) is 0 Å². The van der Waals surface area contributed by atoms with Crippen molar-refractivity contribution in [2.24, 2.45) is 0 Å².